The van der Waals surface area contributed by atoms with Gasteiger partial charge in [0.25, 0.3) is 5.91 Å². The van der Waals surface area contributed by atoms with Gasteiger partial charge in [0.1, 0.15) is 17.1 Å². The zero-order valence-electron chi connectivity index (χ0n) is 25.4. The molecule has 0 aliphatic carbocycles. The van der Waals surface area contributed by atoms with Crippen LogP contribution in [-0.2, 0) is 9.59 Å². The topological polar surface area (TPSA) is 147 Å². The monoisotopic (exact) mass is 568 g/mol. The number of rotatable bonds is 11. The maximum atomic E-state index is 13.2. The van der Waals surface area contributed by atoms with E-state index < -0.39 is 23.8 Å². The van der Waals surface area contributed by atoms with E-state index in [4.69, 9.17) is 18.5 Å². The Kier molecular flexibility index (Phi) is 10.1. The molecule has 0 saturated heterocycles. The van der Waals surface area contributed by atoms with E-state index in [9.17, 15) is 14.4 Å². The quantitative estimate of drug-likeness (QED) is 0.217. The number of esters is 2. The lowest BCUT2D eigenvalue weighted by Gasteiger charge is -2.21. The smallest absolute Gasteiger partial charge is 0.314 e. The first-order chi connectivity index (χ1) is 19.3. The molecule has 0 unspecified atom stereocenters. The molecule has 1 amide bonds. The molecule has 1 N–H and O–H groups in total. The van der Waals surface area contributed by atoms with Crippen LogP contribution in [0.25, 0.3) is 22.7 Å². The predicted octanol–water partition coefficient (Wildman–Crippen LogP) is 5.97. The fourth-order valence-corrected chi connectivity index (χ4v) is 3.81. The summed E-state index contributed by atoms with van der Waals surface area (Å²) in [5.74, 6) is -1.39. The third-order valence-electron chi connectivity index (χ3n) is 7.14. The molecule has 0 aliphatic rings. The summed E-state index contributed by atoms with van der Waals surface area (Å²) < 4.78 is 22.7. The van der Waals surface area contributed by atoms with Crippen LogP contribution in [0.5, 0.6) is 11.5 Å². The first kappa shape index (κ1) is 31.5. The minimum absolute atomic E-state index is 0.0116. The van der Waals surface area contributed by atoms with Gasteiger partial charge in [-0.25, -0.2) is 0 Å². The SMILES string of the molecule is CCNC(=O)c1noc(-c2cc(C(C)C)c(OC(=O)[C@@H](C)C(C)C)cc2OC(=O)[C@@H](C)C(C)C)c1-c1noc(C)n1. The molecule has 11 heteroatoms. The lowest BCUT2D eigenvalue weighted by atomic mass is 9.95. The van der Waals surface area contributed by atoms with E-state index >= 15 is 0 Å². The molecule has 3 aromatic rings. The number of ether oxygens (including phenoxy) is 2. The van der Waals surface area contributed by atoms with E-state index in [1.165, 1.54) is 6.07 Å². The number of hydrogen-bond acceptors (Lipinski definition) is 10. The summed E-state index contributed by atoms with van der Waals surface area (Å²) in [6.45, 7) is 18.9. The summed E-state index contributed by atoms with van der Waals surface area (Å²) >= 11 is 0. The van der Waals surface area contributed by atoms with Crippen molar-refractivity contribution in [2.45, 2.75) is 75.2 Å². The summed E-state index contributed by atoms with van der Waals surface area (Å²) in [4.78, 5) is 43.4. The number of carbonyl (C=O) groups excluding carboxylic acids is 3. The summed E-state index contributed by atoms with van der Waals surface area (Å²) in [7, 11) is 0. The minimum Gasteiger partial charge on any atom is -0.426 e. The fraction of sp³-hybridized carbons (Fsp3) is 0.533. The lowest BCUT2D eigenvalue weighted by molar-refractivity contribution is -0.140. The normalized spacial score (nSPS) is 13.0. The third kappa shape index (κ3) is 7.01. The van der Waals surface area contributed by atoms with Gasteiger partial charge in [0.05, 0.1) is 17.4 Å². The van der Waals surface area contributed by atoms with Crippen LogP contribution < -0.4 is 14.8 Å². The van der Waals surface area contributed by atoms with E-state index in [0.717, 1.165) is 0 Å². The number of amides is 1. The van der Waals surface area contributed by atoms with Crippen LogP contribution >= 0.6 is 0 Å². The Balaban J connectivity index is 2.30. The molecular formula is C30H40N4O7. The second kappa shape index (κ2) is 13.1. The van der Waals surface area contributed by atoms with E-state index in [-0.39, 0.29) is 63.9 Å². The zero-order valence-corrected chi connectivity index (χ0v) is 25.4. The Bertz CT molecular complexity index is 1400. The molecule has 1 aromatic carbocycles. The average molecular weight is 569 g/mol. The van der Waals surface area contributed by atoms with Crippen LogP contribution in [0.4, 0.5) is 0 Å². The Hall–Kier alpha value is -4.02. The number of hydrogen-bond donors (Lipinski definition) is 1. The van der Waals surface area contributed by atoms with Crippen molar-refractivity contribution >= 4 is 17.8 Å². The van der Waals surface area contributed by atoms with Crippen LogP contribution in [0.2, 0.25) is 0 Å². The molecular weight excluding hydrogens is 528 g/mol. The molecule has 0 saturated carbocycles. The molecule has 2 heterocycles. The number of nitrogens with one attached hydrogen (secondary N) is 1. The van der Waals surface area contributed by atoms with Crippen molar-refractivity contribution in [3.05, 3.63) is 29.3 Å². The van der Waals surface area contributed by atoms with Gasteiger partial charge < -0.3 is 23.8 Å². The molecule has 0 aliphatic heterocycles. The molecule has 0 fully saturated rings. The van der Waals surface area contributed by atoms with E-state index in [1.54, 1.807) is 33.8 Å². The molecule has 3 rings (SSSR count). The van der Waals surface area contributed by atoms with Gasteiger partial charge in [0, 0.05) is 19.5 Å². The highest BCUT2D eigenvalue weighted by Gasteiger charge is 2.32. The van der Waals surface area contributed by atoms with E-state index in [0.29, 0.717) is 17.7 Å². The van der Waals surface area contributed by atoms with Crippen LogP contribution in [-0.4, -0.2) is 39.7 Å². The average Bonchev–Trinajstić information content (AvgIpc) is 3.53. The number of benzene rings is 1. The number of aryl methyl sites for hydroxylation is 1. The van der Waals surface area contributed by atoms with Gasteiger partial charge >= 0.3 is 11.9 Å². The molecule has 0 spiro atoms. The van der Waals surface area contributed by atoms with Crippen LogP contribution in [0.1, 0.15) is 90.2 Å². The lowest BCUT2D eigenvalue weighted by Crippen LogP contribution is -2.24. The van der Waals surface area contributed by atoms with Gasteiger partial charge in [0.15, 0.2) is 11.5 Å². The molecule has 222 valence electrons. The minimum atomic E-state index is -0.496. The second-order valence-electron chi connectivity index (χ2n) is 11.2. The maximum absolute atomic E-state index is 13.2. The molecule has 2 aromatic heterocycles. The molecule has 11 nitrogen and oxygen atoms in total. The highest BCUT2D eigenvalue weighted by atomic mass is 16.5. The van der Waals surface area contributed by atoms with Gasteiger partial charge in [-0.3, -0.25) is 14.4 Å². The van der Waals surface area contributed by atoms with Crippen LogP contribution in [0.15, 0.2) is 21.2 Å². The van der Waals surface area contributed by atoms with Crippen molar-refractivity contribution in [2.75, 3.05) is 6.54 Å². The van der Waals surface area contributed by atoms with Gasteiger partial charge in [-0.2, -0.15) is 4.98 Å². The van der Waals surface area contributed by atoms with Crippen LogP contribution in [0, 0.1) is 30.6 Å². The number of carbonyl (C=O) groups is 3. The van der Waals surface area contributed by atoms with Crippen molar-refractivity contribution in [1.82, 2.24) is 20.6 Å². The Morgan fingerprint density at radius 2 is 1.44 bits per heavy atom. The molecule has 0 bridgehead atoms. The fourth-order valence-electron chi connectivity index (χ4n) is 3.81. The van der Waals surface area contributed by atoms with Crippen molar-refractivity contribution in [1.29, 1.82) is 0 Å². The van der Waals surface area contributed by atoms with Gasteiger partial charge in [-0.1, -0.05) is 65.7 Å². The summed E-state index contributed by atoms with van der Waals surface area (Å²) in [6.07, 6.45) is 0. The highest BCUT2D eigenvalue weighted by molar-refractivity contribution is 6.01. The Morgan fingerprint density at radius 1 is 0.854 bits per heavy atom. The predicted molar refractivity (Wildman–Crippen MR) is 151 cm³/mol. The Labute approximate surface area is 240 Å². The van der Waals surface area contributed by atoms with E-state index in [2.05, 4.69) is 20.6 Å². The summed E-state index contributed by atoms with van der Waals surface area (Å²) in [5.41, 5.74) is 1.10. The first-order valence-corrected chi connectivity index (χ1v) is 14.0. The molecule has 2 atom stereocenters. The number of aromatic nitrogens is 3. The zero-order chi connectivity index (χ0) is 30.6. The number of nitrogens with zero attached hydrogens (tertiary/aromatic N) is 3. The van der Waals surface area contributed by atoms with Crippen molar-refractivity contribution in [3.8, 4) is 34.2 Å². The third-order valence-corrected chi connectivity index (χ3v) is 7.14. The van der Waals surface area contributed by atoms with E-state index in [1.807, 2.05) is 41.5 Å². The molecule has 0 radical (unpaired) electrons. The Morgan fingerprint density at radius 3 is 1.93 bits per heavy atom. The first-order valence-electron chi connectivity index (χ1n) is 14.0. The molecule has 41 heavy (non-hydrogen) atoms. The summed E-state index contributed by atoms with van der Waals surface area (Å²) in [6, 6.07) is 3.23. The van der Waals surface area contributed by atoms with Gasteiger partial charge in [-0.15, -0.1) is 0 Å². The van der Waals surface area contributed by atoms with Gasteiger partial charge in [0.2, 0.25) is 11.7 Å². The summed E-state index contributed by atoms with van der Waals surface area (Å²) in [5, 5.41) is 10.7. The highest BCUT2D eigenvalue weighted by Crippen LogP contribution is 2.44. The van der Waals surface area contributed by atoms with Crippen molar-refractivity contribution in [2.24, 2.45) is 23.7 Å². The van der Waals surface area contributed by atoms with Gasteiger partial charge in [-0.05, 0) is 36.3 Å². The second-order valence-corrected chi connectivity index (χ2v) is 11.2. The van der Waals surface area contributed by atoms with Crippen LogP contribution in [0.3, 0.4) is 0 Å². The maximum Gasteiger partial charge on any atom is 0.314 e. The standard InChI is InChI=1S/C30H40N4O7/c1-11-31-28(35)25-24(27-32-19(10)40-34-27)26(41-33-25)21-12-20(16(6)7)22(38-29(36)17(8)14(2)3)13-23(21)39-30(37)18(9)15(4)5/h12-18H,11H2,1-10H3,(H,31,35)/t17-,18-/m0/s1. The van der Waals surface area contributed by atoms with Crippen molar-refractivity contribution < 1.29 is 32.9 Å². The largest absolute Gasteiger partial charge is 0.426 e. The van der Waals surface area contributed by atoms with Crippen molar-refractivity contribution in [3.63, 3.8) is 0 Å².